The number of hydrogen-bond donors (Lipinski definition) is 8. The number of imidazole rings is 2. The number of carbonyl (C=O) groups is 7. The van der Waals surface area contributed by atoms with E-state index < -0.39 is 48.5 Å². The van der Waals surface area contributed by atoms with Gasteiger partial charge in [0.1, 0.15) is 37.3 Å². The van der Waals surface area contributed by atoms with Gasteiger partial charge in [-0.15, -0.1) is 0 Å². The summed E-state index contributed by atoms with van der Waals surface area (Å²) in [5.41, 5.74) is 0. The number of hydrogen-bond acceptors (Lipinski definition) is 10. The molecule has 8 N–H and O–H groups in total. The van der Waals surface area contributed by atoms with Crippen LogP contribution in [0.5, 0.6) is 0 Å². The fourth-order valence-electron chi connectivity index (χ4n) is 5.27. The summed E-state index contributed by atoms with van der Waals surface area (Å²) in [7, 11) is 0. The number of unbranched alkanes of at least 4 members (excludes halogenated alkanes) is 8. The first kappa shape index (κ1) is 47.5. The summed E-state index contributed by atoms with van der Waals surface area (Å²) in [6.07, 6.45) is 15.9. The molecule has 1 unspecified atom stereocenters. The first-order valence-corrected chi connectivity index (χ1v) is 18.3. The van der Waals surface area contributed by atoms with Gasteiger partial charge in [0.15, 0.2) is 0 Å². The summed E-state index contributed by atoms with van der Waals surface area (Å²) in [5, 5.41) is 51.1. The van der Waals surface area contributed by atoms with Gasteiger partial charge >= 0.3 is 35.9 Å². The zero-order valence-corrected chi connectivity index (χ0v) is 31.4. The van der Waals surface area contributed by atoms with E-state index in [2.05, 4.69) is 30.8 Å². The fraction of sp³-hybridized carbons (Fsp3) is 0.629. The molecule has 0 aromatic carbocycles. The summed E-state index contributed by atoms with van der Waals surface area (Å²) in [4.78, 5) is 88.2. The van der Waals surface area contributed by atoms with Crippen LogP contribution in [0, 0.1) is 0 Å². The molecule has 2 aromatic rings. The molecule has 20 nitrogen and oxygen atoms in total. The predicted molar refractivity (Wildman–Crippen MR) is 196 cm³/mol. The zero-order chi connectivity index (χ0) is 41.0. The third-order valence-corrected chi connectivity index (χ3v) is 8.12. The maximum absolute atomic E-state index is 12.1. The monoisotopic (exact) mass is 780 g/mol. The maximum Gasteiger partial charge on any atom is 0.326 e. The lowest BCUT2D eigenvalue weighted by molar-refractivity contribution is -0.140. The largest absolute Gasteiger partial charge is 0.481 e. The number of aromatic nitrogens is 4. The first-order valence-electron chi connectivity index (χ1n) is 18.3. The van der Waals surface area contributed by atoms with Crippen LogP contribution < -0.4 is 16.0 Å². The molecule has 0 aliphatic heterocycles. The molecule has 3 amide bonds. The van der Waals surface area contributed by atoms with Gasteiger partial charge in [0.25, 0.3) is 0 Å². The smallest absolute Gasteiger partial charge is 0.326 e. The molecule has 20 heteroatoms. The van der Waals surface area contributed by atoms with Gasteiger partial charge in [0.05, 0.1) is 13.1 Å². The third kappa shape index (κ3) is 23.7. The molecule has 0 aliphatic rings. The minimum atomic E-state index is -1.24. The molecular formula is C35H56N8O12. The van der Waals surface area contributed by atoms with E-state index in [1.807, 2.05) is 0 Å². The Labute approximate surface area is 319 Å². The Balaban J connectivity index is 0.00000283. The van der Waals surface area contributed by atoms with E-state index in [9.17, 15) is 48.9 Å². The highest BCUT2D eigenvalue weighted by Crippen LogP contribution is 2.14. The third-order valence-electron chi connectivity index (χ3n) is 8.12. The summed E-state index contributed by atoms with van der Waals surface area (Å²) in [6.45, 7) is 2.49. The van der Waals surface area contributed by atoms with Gasteiger partial charge in [-0.1, -0.05) is 45.4 Å². The van der Waals surface area contributed by atoms with Crippen LogP contribution in [-0.2, 0) is 54.9 Å². The topological polar surface area (TPSA) is 296 Å². The molecule has 0 saturated carbocycles. The average molecular weight is 781 g/mol. The Morgan fingerprint density at radius 2 is 1.18 bits per heavy atom. The molecule has 2 aromatic heterocycles. The van der Waals surface area contributed by atoms with E-state index >= 15 is 0 Å². The zero-order valence-electron chi connectivity index (χ0n) is 31.4. The number of nitrogens with one attached hydrogen (secondary N) is 3. The van der Waals surface area contributed by atoms with E-state index in [0.29, 0.717) is 57.1 Å². The van der Waals surface area contributed by atoms with Crippen molar-refractivity contribution >= 4 is 41.8 Å². The molecule has 2 rings (SSSR count). The number of carboxylic acid groups (broad SMARTS) is 5. The minimum absolute atomic E-state index is 0.0635. The summed E-state index contributed by atoms with van der Waals surface area (Å²) in [6, 6.07) is -2.03. The van der Waals surface area contributed by atoms with Crippen LogP contribution in [0.2, 0.25) is 0 Å². The quantitative estimate of drug-likeness (QED) is 0.0550. The van der Waals surface area contributed by atoms with E-state index in [0.717, 1.165) is 51.4 Å². The highest BCUT2D eigenvalue weighted by atomic mass is 16.4. The van der Waals surface area contributed by atoms with Gasteiger partial charge in [-0.25, -0.2) is 19.6 Å². The second-order valence-electron chi connectivity index (χ2n) is 12.7. The van der Waals surface area contributed by atoms with Crippen LogP contribution >= 0.6 is 0 Å². The number of nitrogens with zero attached hydrogens (tertiary/aromatic N) is 5. The first-order chi connectivity index (χ1) is 26.2. The van der Waals surface area contributed by atoms with Crippen LogP contribution in [0.1, 0.15) is 102 Å². The maximum atomic E-state index is 12.1. The van der Waals surface area contributed by atoms with Crippen molar-refractivity contribution in [3.63, 3.8) is 0 Å². The van der Waals surface area contributed by atoms with Crippen molar-refractivity contribution < 1.29 is 59.1 Å². The second kappa shape index (κ2) is 28.0. The van der Waals surface area contributed by atoms with E-state index in [4.69, 9.17) is 10.2 Å². The lowest BCUT2D eigenvalue weighted by Crippen LogP contribution is -2.47. The van der Waals surface area contributed by atoms with Crippen LogP contribution in [0.15, 0.2) is 24.8 Å². The highest BCUT2D eigenvalue weighted by molar-refractivity contribution is 5.84. The van der Waals surface area contributed by atoms with Crippen LogP contribution in [-0.4, -0.2) is 117 Å². The highest BCUT2D eigenvalue weighted by Gasteiger charge is 2.20. The molecule has 0 aliphatic carbocycles. The number of carboxylic acids is 5. The van der Waals surface area contributed by atoms with Gasteiger partial charge in [0, 0.05) is 44.2 Å². The van der Waals surface area contributed by atoms with Gasteiger partial charge in [-0.3, -0.25) is 28.9 Å². The molecule has 0 bridgehead atoms. The predicted octanol–water partition coefficient (Wildman–Crippen LogP) is 2.37. The molecule has 0 fully saturated rings. The van der Waals surface area contributed by atoms with Crippen LogP contribution in [0.3, 0.4) is 0 Å². The van der Waals surface area contributed by atoms with Gasteiger partial charge in [0.2, 0.25) is 5.91 Å². The standard InChI is InChI=1S/C32H50N8O10.C3H6O2/c41-27(35-13-9-8-11-24(31(48)49)37-32(50)36-19-28(42)43)12-7-5-3-1-2-4-6-10-16-38(20-25-33-14-17-39(25)22-29(44)45)21-26-34-15-18-40(26)23-30(46)47;1-2-3(4)5/h14-15,17-18,24H,1-13,16,19-23H2,(H,35,41)(H,42,43)(H,44,45)(H,46,47)(H,48,49)(H2,36,37,50);2H2,1H3,(H,4,5). The summed E-state index contributed by atoms with van der Waals surface area (Å²) >= 11 is 0. The Bertz CT molecular complexity index is 1440. The van der Waals surface area contributed by atoms with Crippen LogP contribution in [0.4, 0.5) is 4.79 Å². The Morgan fingerprint density at radius 3 is 1.65 bits per heavy atom. The number of rotatable bonds is 29. The minimum Gasteiger partial charge on any atom is -0.481 e. The lowest BCUT2D eigenvalue weighted by Gasteiger charge is -2.22. The Kier molecular flexibility index (Phi) is 24.2. The van der Waals surface area contributed by atoms with Crippen molar-refractivity contribution in [2.75, 3.05) is 19.6 Å². The molecular weight excluding hydrogens is 724 g/mol. The number of urea groups is 1. The van der Waals surface area contributed by atoms with Crippen LogP contribution in [0.25, 0.3) is 0 Å². The molecule has 0 saturated heterocycles. The number of amides is 3. The fourth-order valence-corrected chi connectivity index (χ4v) is 5.27. The molecule has 1 atom stereocenters. The Hall–Kier alpha value is -5.53. The van der Waals surface area contributed by atoms with Gasteiger partial charge < -0.3 is 50.6 Å². The van der Waals surface area contributed by atoms with Crippen molar-refractivity contribution in [3.05, 3.63) is 36.4 Å². The number of aliphatic carboxylic acids is 5. The molecule has 0 radical (unpaired) electrons. The van der Waals surface area contributed by atoms with Crippen molar-refractivity contribution in [2.24, 2.45) is 0 Å². The van der Waals surface area contributed by atoms with Gasteiger partial charge in [-0.2, -0.15) is 0 Å². The van der Waals surface area contributed by atoms with Crippen molar-refractivity contribution in [3.8, 4) is 0 Å². The Morgan fingerprint density at radius 1 is 0.673 bits per heavy atom. The van der Waals surface area contributed by atoms with E-state index in [1.54, 1.807) is 40.8 Å². The second-order valence-corrected chi connectivity index (χ2v) is 12.7. The van der Waals surface area contributed by atoms with E-state index in [1.165, 1.54) is 0 Å². The van der Waals surface area contributed by atoms with Crippen molar-refractivity contribution in [1.29, 1.82) is 0 Å². The SMILES string of the molecule is CCC(=O)O.O=C(O)CNC(=O)NC(CCCCNC(=O)CCCCCCCCCCN(Cc1nccn1CC(=O)O)Cc1nccn1CC(=O)O)C(=O)O. The normalized spacial score (nSPS) is 11.2. The molecule has 55 heavy (non-hydrogen) atoms. The molecule has 2 heterocycles. The lowest BCUT2D eigenvalue weighted by atomic mass is 10.1. The van der Waals surface area contributed by atoms with E-state index in [-0.39, 0.29) is 31.8 Å². The van der Waals surface area contributed by atoms with Crippen molar-refractivity contribution in [1.82, 2.24) is 40.0 Å². The average Bonchev–Trinajstić information content (AvgIpc) is 3.74. The number of carbonyl (C=O) groups excluding carboxylic acids is 2. The summed E-state index contributed by atoms with van der Waals surface area (Å²) in [5.74, 6) is -3.98. The molecule has 0 spiro atoms. The van der Waals surface area contributed by atoms with Gasteiger partial charge in [-0.05, 0) is 38.6 Å². The molecule has 308 valence electrons. The van der Waals surface area contributed by atoms with Crippen molar-refractivity contribution in [2.45, 2.75) is 123 Å². The summed E-state index contributed by atoms with van der Waals surface area (Å²) < 4.78 is 3.17.